The Bertz CT molecular complexity index is 525. The summed E-state index contributed by atoms with van der Waals surface area (Å²) in [6.07, 6.45) is 1.45. The number of halogens is 1. The van der Waals surface area contributed by atoms with E-state index in [2.05, 4.69) is 4.98 Å². The van der Waals surface area contributed by atoms with Crippen LogP contribution in [0.4, 0.5) is 0 Å². The minimum absolute atomic E-state index is 0.0138. The Morgan fingerprint density at radius 3 is 2.75 bits per heavy atom. The smallest absolute Gasteiger partial charge is 0.274 e. The molecule has 2 heterocycles. The van der Waals surface area contributed by atoms with E-state index in [4.69, 9.17) is 11.6 Å². The number of hydrogen-bond donors (Lipinski definition) is 0. The van der Waals surface area contributed by atoms with Crippen molar-refractivity contribution < 1.29 is 13.2 Å². The number of carbonyl (C=O) groups is 1. The first-order valence-corrected chi connectivity index (χ1v) is 7.21. The number of hydrogen-bond acceptors (Lipinski definition) is 5. The molecular weight excluding hydrogens is 272 g/mol. The maximum absolute atomic E-state index is 12.0. The van der Waals surface area contributed by atoms with Crippen molar-refractivity contribution >= 4 is 38.9 Å². The summed E-state index contributed by atoms with van der Waals surface area (Å²) in [6.45, 7) is 2.07. The van der Waals surface area contributed by atoms with Crippen LogP contribution in [0.1, 0.15) is 13.3 Å². The Morgan fingerprint density at radius 2 is 2.31 bits per heavy atom. The molecule has 1 aromatic rings. The van der Waals surface area contributed by atoms with E-state index in [1.807, 2.05) is 6.92 Å². The second-order valence-corrected chi connectivity index (χ2v) is 7.37. The quantitative estimate of drug-likeness (QED) is 0.820. The van der Waals surface area contributed by atoms with Gasteiger partial charge in [-0.15, -0.1) is 0 Å². The molecule has 1 amide bonds. The van der Waals surface area contributed by atoms with Gasteiger partial charge in [-0.25, -0.2) is 17.7 Å². The Kier molecular flexibility index (Phi) is 2.93. The molecule has 16 heavy (non-hydrogen) atoms. The highest BCUT2D eigenvalue weighted by atomic mass is 35.5. The number of carbonyl (C=O) groups excluding carboxylic acids is 1. The molecule has 5 nitrogen and oxygen atoms in total. The zero-order chi connectivity index (χ0) is 11.9. The average molecular weight is 281 g/mol. The molecule has 88 valence electrons. The van der Waals surface area contributed by atoms with Gasteiger partial charge < -0.3 is 0 Å². The fourth-order valence-corrected chi connectivity index (χ4v) is 4.49. The molecule has 1 aromatic heterocycles. The number of amides is 1. The first kappa shape index (κ1) is 11.8. The predicted molar refractivity (Wildman–Crippen MR) is 59.8 cm³/mol. The van der Waals surface area contributed by atoms with Gasteiger partial charge in [0.15, 0.2) is 8.68 Å². The van der Waals surface area contributed by atoms with Crippen LogP contribution >= 0.6 is 22.9 Å². The molecule has 2 rings (SSSR count). The van der Waals surface area contributed by atoms with Crippen molar-refractivity contribution in [2.45, 2.75) is 17.6 Å². The number of sulfonamides is 1. The van der Waals surface area contributed by atoms with Gasteiger partial charge in [-0.1, -0.05) is 29.9 Å². The lowest BCUT2D eigenvalue weighted by atomic mass is 10.2. The summed E-state index contributed by atoms with van der Waals surface area (Å²) in [5.41, 5.74) is 0. The van der Waals surface area contributed by atoms with E-state index in [0.717, 1.165) is 15.6 Å². The zero-order valence-electron chi connectivity index (χ0n) is 8.38. The summed E-state index contributed by atoms with van der Waals surface area (Å²) < 4.78 is 25.1. The molecule has 1 atom stereocenters. The van der Waals surface area contributed by atoms with E-state index < -0.39 is 10.0 Å². The number of thiazole rings is 1. The summed E-state index contributed by atoms with van der Waals surface area (Å²) >= 11 is 6.43. The predicted octanol–water partition coefficient (Wildman–Crippen LogP) is 1.35. The Hall–Kier alpha value is -0.660. The lowest BCUT2D eigenvalue weighted by molar-refractivity contribution is -0.123. The van der Waals surface area contributed by atoms with Crippen LogP contribution in [0.3, 0.4) is 0 Å². The SMILES string of the molecule is CC1CC(=O)N(S(=O)(=O)c2cnc(Cl)s2)C1. The van der Waals surface area contributed by atoms with E-state index in [1.54, 1.807) is 0 Å². The van der Waals surface area contributed by atoms with Gasteiger partial charge in [0, 0.05) is 13.0 Å². The summed E-state index contributed by atoms with van der Waals surface area (Å²) in [5, 5.41) is 0. The maximum atomic E-state index is 12.0. The molecule has 0 aromatic carbocycles. The van der Waals surface area contributed by atoms with Gasteiger partial charge >= 0.3 is 0 Å². The second-order valence-electron chi connectivity index (χ2n) is 3.67. The van der Waals surface area contributed by atoms with Gasteiger partial charge in [0.2, 0.25) is 5.91 Å². The number of nitrogens with zero attached hydrogens (tertiary/aromatic N) is 2. The third-order valence-corrected chi connectivity index (χ3v) is 5.62. The largest absolute Gasteiger partial charge is 0.277 e. The second kappa shape index (κ2) is 3.97. The summed E-state index contributed by atoms with van der Waals surface area (Å²) in [5.74, 6) is -0.303. The molecule has 0 saturated carbocycles. The van der Waals surface area contributed by atoms with Crippen molar-refractivity contribution in [3.8, 4) is 0 Å². The summed E-state index contributed by atoms with van der Waals surface area (Å²) in [7, 11) is -3.74. The third-order valence-electron chi connectivity index (χ3n) is 2.28. The van der Waals surface area contributed by atoms with E-state index in [0.29, 0.717) is 0 Å². The van der Waals surface area contributed by atoms with Gasteiger partial charge in [0.25, 0.3) is 10.0 Å². The van der Waals surface area contributed by atoms with E-state index >= 15 is 0 Å². The molecular formula is C8H9ClN2O3S2. The number of aromatic nitrogens is 1. The van der Waals surface area contributed by atoms with Crippen LogP contribution in [-0.2, 0) is 14.8 Å². The molecule has 0 N–H and O–H groups in total. The van der Waals surface area contributed by atoms with Gasteiger partial charge in [-0.3, -0.25) is 4.79 Å². The molecule has 1 aliphatic heterocycles. The number of rotatable bonds is 2. The van der Waals surface area contributed by atoms with Crippen LogP contribution in [0.5, 0.6) is 0 Å². The Balaban J connectivity index is 2.37. The van der Waals surface area contributed by atoms with E-state index in [9.17, 15) is 13.2 Å². The molecule has 0 bridgehead atoms. The first-order chi connectivity index (χ1) is 7.41. The highest BCUT2D eigenvalue weighted by Gasteiger charge is 2.37. The van der Waals surface area contributed by atoms with Gasteiger partial charge in [0.1, 0.15) is 0 Å². The van der Waals surface area contributed by atoms with Crippen LogP contribution in [0, 0.1) is 5.92 Å². The van der Waals surface area contributed by atoms with Crippen LogP contribution in [-0.4, -0.2) is 30.2 Å². The molecule has 1 fully saturated rings. The van der Waals surface area contributed by atoms with Gasteiger partial charge in [-0.05, 0) is 5.92 Å². The van der Waals surface area contributed by atoms with Crippen LogP contribution in [0.25, 0.3) is 0 Å². The summed E-state index contributed by atoms with van der Waals surface area (Å²) in [4.78, 5) is 15.2. The van der Waals surface area contributed by atoms with Crippen molar-refractivity contribution in [2.75, 3.05) is 6.54 Å². The van der Waals surface area contributed by atoms with Crippen LogP contribution in [0.2, 0.25) is 4.47 Å². The normalized spacial score (nSPS) is 21.8. The minimum atomic E-state index is -3.74. The molecule has 1 aliphatic rings. The zero-order valence-corrected chi connectivity index (χ0v) is 10.8. The molecule has 0 spiro atoms. The first-order valence-electron chi connectivity index (χ1n) is 4.58. The maximum Gasteiger partial charge on any atom is 0.277 e. The Labute approximate surface area is 102 Å². The topological polar surface area (TPSA) is 67.3 Å². The lowest BCUT2D eigenvalue weighted by Crippen LogP contribution is -2.31. The van der Waals surface area contributed by atoms with E-state index in [-0.39, 0.29) is 33.5 Å². The highest BCUT2D eigenvalue weighted by Crippen LogP contribution is 2.29. The van der Waals surface area contributed by atoms with E-state index in [1.165, 1.54) is 6.20 Å². The molecule has 1 unspecified atom stereocenters. The van der Waals surface area contributed by atoms with Crippen molar-refractivity contribution in [3.05, 3.63) is 10.7 Å². The Morgan fingerprint density at radius 1 is 1.62 bits per heavy atom. The fourth-order valence-electron chi connectivity index (χ4n) is 1.55. The van der Waals surface area contributed by atoms with Crippen molar-refractivity contribution in [1.29, 1.82) is 0 Å². The van der Waals surface area contributed by atoms with Gasteiger partial charge in [-0.2, -0.15) is 0 Å². The van der Waals surface area contributed by atoms with Gasteiger partial charge in [0.05, 0.1) is 6.20 Å². The summed E-state index contributed by atoms with van der Waals surface area (Å²) in [6, 6.07) is 0. The standard InChI is InChI=1S/C8H9ClN2O3S2/c1-5-2-6(12)11(4-5)16(13,14)7-3-10-8(9)15-7/h3,5H,2,4H2,1H3. The minimum Gasteiger partial charge on any atom is -0.274 e. The van der Waals surface area contributed by atoms with Crippen molar-refractivity contribution in [2.24, 2.45) is 5.92 Å². The molecule has 0 radical (unpaired) electrons. The molecule has 1 saturated heterocycles. The molecule has 8 heteroatoms. The average Bonchev–Trinajstić information content (AvgIpc) is 2.73. The van der Waals surface area contributed by atoms with Crippen molar-refractivity contribution in [3.63, 3.8) is 0 Å². The molecule has 0 aliphatic carbocycles. The van der Waals surface area contributed by atoms with Crippen LogP contribution in [0.15, 0.2) is 10.4 Å². The highest BCUT2D eigenvalue weighted by molar-refractivity contribution is 7.91. The monoisotopic (exact) mass is 280 g/mol. The van der Waals surface area contributed by atoms with Crippen LogP contribution < -0.4 is 0 Å². The lowest BCUT2D eigenvalue weighted by Gasteiger charge is -2.14. The third kappa shape index (κ3) is 1.94. The van der Waals surface area contributed by atoms with Crippen molar-refractivity contribution in [1.82, 2.24) is 9.29 Å². The fraction of sp³-hybridized carbons (Fsp3) is 0.500.